The molecule has 4 nitrogen and oxygen atoms in total. The third-order valence-corrected chi connectivity index (χ3v) is 4.38. The lowest BCUT2D eigenvalue weighted by molar-refractivity contribution is 0.241. The van der Waals surface area contributed by atoms with Crippen LogP contribution in [0.2, 0.25) is 0 Å². The zero-order valence-electron chi connectivity index (χ0n) is 12.0. The van der Waals surface area contributed by atoms with Gasteiger partial charge in [-0.2, -0.15) is 0 Å². The minimum absolute atomic E-state index is 0.793. The molecule has 0 aromatic carbocycles. The molecule has 0 atom stereocenters. The van der Waals surface area contributed by atoms with Crippen LogP contribution in [0.1, 0.15) is 22.0 Å². The highest BCUT2D eigenvalue weighted by Gasteiger charge is 2.12. The number of hydrogen-bond acceptors (Lipinski definition) is 4. The van der Waals surface area contributed by atoms with Gasteiger partial charge in [-0.1, -0.05) is 6.07 Å². The van der Waals surface area contributed by atoms with Crippen LogP contribution in [-0.2, 0) is 19.6 Å². The van der Waals surface area contributed by atoms with Gasteiger partial charge in [-0.25, -0.2) is 4.98 Å². The second-order valence-corrected chi connectivity index (χ2v) is 6.03. The molecule has 3 aromatic heterocycles. The lowest BCUT2D eigenvalue weighted by Gasteiger charge is -2.20. The Balaban J connectivity index is 1.75. The molecular formula is C16H18N4S. The third kappa shape index (κ3) is 3.77. The van der Waals surface area contributed by atoms with Crippen LogP contribution in [0.4, 0.5) is 0 Å². The number of aryl methyl sites for hydroxylation is 1. The number of pyridine rings is 1. The highest BCUT2D eigenvalue weighted by atomic mass is 32.1. The summed E-state index contributed by atoms with van der Waals surface area (Å²) in [6, 6.07) is 8.22. The predicted octanol–water partition coefficient (Wildman–Crippen LogP) is 3.38. The van der Waals surface area contributed by atoms with Gasteiger partial charge < -0.3 is 4.98 Å². The molecule has 0 aliphatic carbocycles. The number of nitrogens with zero attached hydrogens (tertiary/aromatic N) is 3. The maximum Gasteiger partial charge on any atom is 0.120 e. The number of nitrogens with one attached hydrogen (secondary N) is 1. The normalized spacial score (nSPS) is 11.1. The lowest BCUT2D eigenvalue weighted by Crippen LogP contribution is -2.23. The maximum atomic E-state index is 4.43. The minimum atomic E-state index is 0.793. The second-order valence-electron chi connectivity index (χ2n) is 5.03. The average molecular weight is 298 g/mol. The van der Waals surface area contributed by atoms with Crippen LogP contribution in [0.5, 0.6) is 0 Å². The van der Waals surface area contributed by atoms with E-state index in [1.54, 1.807) is 6.20 Å². The van der Waals surface area contributed by atoms with Crippen molar-refractivity contribution in [3.63, 3.8) is 0 Å². The van der Waals surface area contributed by atoms with Crippen LogP contribution in [-0.4, -0.2) is 19.9 Å². The SMILES string of the molecule is Cc1ccsc1CN(Cc1ccccn1)Cc1ncc[nH]1. The molecule has 3 heterocycles. The third-order valence-electron chi connectivity index (χ3n) is 3.38. The summed E-state index contributed by atoms with van der Waals surface area (Å²) in [6.45, 7) is 4.69. The van der Waals surface area contributed by atoms with E-state index >= 15 is 0 Å². The minimum Gasteiger partial charge on any atom is -0.348 e. The second kappa shape index (κ2) is 6.65. The smallest absolute Gasteiger partial charge is 0.120 e. The fourth-order valence-electron chi connectivity index (χ4n) is 2.25. The lowest BCUT2D eigenvalue weighted by atomic mass is 10.2. The van der Waals surface area contributed by atoms with Crippen LogP contribution in [0.3, 0.4) is 0 Å². The van der Waals surface area contributed by atoms with Gasteiger partial charge in [0.2, 0.25) is 0 Å². The Morgan fingerprint density at radius 3 is 2.71 bits per heavy atom. The quantitative estimate of drug-likeness (QED) is 0.759. The van der Waals surface area contributed by atoms with Crippen molar-refractivity contribution in [2.24, 2.45) is 0 Å². The molecule has 0 spiro atoms. The van der Waals surface area contributed by atoms with Crippen molar-refractivity contribution in [2.45, 2.75) is 26.6 Å². The fourth-order valence-corrected chi connectivity index (χ4v) is 3.20. The van der Waals surface area contributed by atoms with Crippen LogP contribution in [0, 0.1) is 6.92 Å². The first-order valence-electron chi connectivity index (χ1n) is 6.95. The van der Waals surface area contributed by atoms with E-state index in [4.69, 9.17) is 0 Å². The first kappa shape index (κ1) is 14.0. The van der Waals surface area contributed by atoms with Crippen LogP contribution < -0.4 is 0 Å². The molecular weight excluding hydrogens is 280 g/mol. The molecule has 0 saturated heterocycles. The maximum absolute atomic E-state index is 4.43. The van der Waals surface area contributed by atoms with Gasteiger partial charge in [0.25, 0.3) is 0 Å². The molecule has 0 radical (unpaired) electrons. The molecule has 0 fully saturated rings. The highest BCUT2D eigenvalue weighted by molar-refractivity contribution is 7.10. The van der Waals surface area contributed by atoms with Gasteiger partial charge in [0.1, 0.15) is 5.82 Å². The molecule has 0 unspecified atom stereocenters. The van der Waals surface area contributed by atoms with Gasteiger partial charge in [-0.3, -0.25) is 9.88 Å². The summed E-state index contributed by atoms with van der Waals surface area (Å²) in [5.74, 6) is 0.986. The largest absolute Gasteiger partial charge is 0.348 e. The predicted molar refractivity (Wildman–Crippen MR) is 84.8 cm³/mol. The molecule has 0 aliphatic rings. The number of aromatic amines is 1. The molecule has 0 bridgehead atoms. The molecule has 3 rings (SSSR count). The summed E-state index contributed by atoms with van der Waals surface area (Å²) in [5, 5.41) is 2.15. The van der Waals surface area contributed by atoms with Crippen molar-refractivity contribution in [3.05, 3.63) is 70.2 Å². The Morgan fingerprint density at radius 2 is 2.05 bits per heavy atom. The monoisotopic (exact) mass is 298 g/mol. The summed E-state index contributed by atoms with van der Waals surface area (Å²) in [5.41, 5.74) is 2.43. The van der Waals surface area contributed by atoms with Gasteiger partial charge in [0.15, 0.2) is 0 Å². The van der Waals surface area contributed by atoms with E-state index in [2.05, 4.69) is 44.3 Å². The van der Waals surface area contributed by atoms with Crippen molar-refractivity contribution < 1.29 is 0 Å². The standard InChI is InChI=1S/C16H18N4S/c1-13-5-9-21-15(13)11-20(12-16-18-7-8-19-16)10-14-4-2-3-6-17-14/h2-9H,10-12H2,1H3,(H,18,19). The van der Waals surface area contributed by atoms with Crippen molar-refractivity contribution >= 4 is 11.3 Å². The van der Waals surface area contributed by atoms with Crippen molar-refractivity contribution in [3.8, 4) is 0 Å². The van der Waals surface area contributed by atoms with Crippen LogP contribution in [0.25, 0.3) is 0 Å². The number of imidazole rings is 1. The zero-order chi connectivity index (χ0) is 14.5. The van der Waals surface area contributed by atoms with E-state index in [0.717, 1.165) is 31.2 Å². The van der Waals surface area contributed by atoms with Gasteiger partial charge in [0.05, 0.1) is 12.2 Å². The molecule has 0 aliphatic heterocycles. The van der Waals surface area contributed by atoms with E-state index in [1.807, 2.05) is 35.9 Å². The molecule has 1 N–H and O–H groups in total. The van der Waals surface area contributed by atoms with E-state index in [0.29, 0.717) is 0 Å². The highest BCUT2D eigenvalue weighted by Crippen LogP contribution is 2.19. The summed E-state index contributed by atoms with van der Waals surface area (Å²) in [7, 11) is 0. The number of thiophene rings is 1. The number of hydrogen-bond donors (Lipinski definition) is 1. The van der Waals surface area contributed by atoms with E-state index in [-0.39, 0.29) is 0 Å². The van der Waals surface area contributed by atoms with Crippen LogP contribution in [0.15, 0.2) is 48.2 Å². The first-order chi connectivity index (χ1) is 10.3. The van der Waals surface area contributed by atoms with E-state index < -0.39 is 0 Å². The molecule has 5 heteroatoms. The first-order valence-corrected chi connectivity index (χ1v) is 7.83. The summed E-state index contributed by atoms with van der Waals surface area (Å²) >= 11 is 1.81. The summed E-state index contributed by atoms with van der Waals surface area (Å²) < 4.78 is 0. The van der Waals surface area contributed by atoms with Gasteiger partial charge in [-0.05, 0) is 36.1 Å². The fraction of sp³-hybridized carbons (Fsp3) is 0.250. The molecule has 108 valence electrons. The Bertz CT molecular complexity index is 661. The summed E-state index contributed by atoms with van der Waals surface area (Å²) in [6.07, 6.45) is 5.51. The van der Waals surface area contributed by atoms with E-state index in [9.17, 15) is 0 Å². The number of H-pyrrole nitrogens is 1. The van der Waals surface area contributed by atoms with Crippen LogP contribution >= 0.6 is 11.3 Å². The molecule has 0 saturated carbocycles. The van der Waals surface area contributed by atoms with Crippen molar-refractivity contribution in [2.75, 3.05) is 0 Å². The van der Waals surface area contributed by atoms with E-state index in [1.165, 1.54) is 10.4 Å². The number of aromatic nitrogens is 3. The zero-order valence-corrected chi connectivity index (χ0v) is 12.8. The molecule has 21 heavy (non-hydrogen) atoms. The topological polar surface area (TPSA) is 44.8 Å². The average Bonchev–Trinajstić information content (AvgIpc) is 3.13. The van der Waals surface area contributed by atoms with Gasteiger partial charge in [-0.15, -0.1) is 11.3 Å². The van der Waals surface area contributed by atoms with Crippen molar-refractivity contribution in [1.82, 2.24) is 19.9 Å². The van der Waals surface area contributed by atoms with Gasteiger partial charge >= 0.3 is 0 Å². The summed E-state index contributed by atoms with van der Waals surface area (Å²) in [4.78, 5) is 15.7. The molecule has 0 amide bonds. The van der Waals surface area contributed by atoms with Crippen molar-refractivity contribution in [1.29, 1.82) is 0 Å². The van der Waals surface area contributed by atoms with Gasteiger partial charge in [0, 0.05) is 36.6 Å². The molecule has 3 aromatic rings. The Labute approximate surface area is 128 Å². The number of rotatable bonds is 6. The Hall–Kier alpha value is -1.98. The Kier molecular flexibility index (Phi) is 4.43. The Morgan fingerprint density at radius 1 is 1.10 bits per heavy atom.